The van der Waals surface area contributed by atoms with Crippen LogP contribution in [-0.4, -0.2) is 14.5 Å². The van der Waals surface area contributed by atoms with Gasteiger partial charge in [0.05, 0.1) is 16.6 Å². The van der Waals surface area contributed by atoms with Crippen LogP contribution in [0.25, 0.3) is 33.6 Å². The van der Waals surface area contributed by atoms with Crippen LogP contribution in [0.5, 0.6) is 0 Å². The molecule has 30 heavy (non-hydrogen) atoms. The van der Waals surface area contributed by atoms with Gasteiger partial charge in [-0.3, -0.25) is 0 Å². The molecule has 0 bridgehead atoms. The highest BCUT2D eigenvalue weighted by molar-refractivity contribution is 5.98. The summed E-state index contributed by atoms with van der Waals surface area (Å²) in [5, 5.41) is 11.0. The normalized spacial score (nSPS) is 11.8. The summed E-state index contributed by atoms with van der Waals surface area (Å²) in [6.45, 7) is 2.92. The first-order chi connectivity index (χ1) is 14.7. The second kappa shape index (κ2) is 7.38. The molecule has 4 heteroatoms. The van der Waals surface area contributed by atoms with Crippen LogP contribution in [0.2, 0.25) is 0 Å². The monoisotopic (exact) mass is 388 g/mol. The maximum absolute atomic E-state index is 9.83. The van der Waals surface area contributed by atoms with Gasteiger partial charge in [-0.2, -0.15) is 5.26 Å². The van der Waals surface area contributed by atoms with Gasteiger partial charge in [-0.25, -0.2) is 4.98 Å². The van der Waals surface area contributed by atoms with Gasteiger partial charge in [-0.1, -0.05) is 54.6 Å². The Morgan fingerprint density at radius 1 is 1.03 bits per heavy atom. The minimum atomic E-state index is 0.519. The molecule has 0 spiro atoms. The van der Waals surface area contributed by atoms with Crippen molar-refractivity contribution in [2.45, 2.75) is 13.5 Å². The maximum Gasteiger partial charge on any atom is 0.149 e. The van der Waals surface area contributed by atoms with E-state index in [1.807, 2.05) is 36.4 Å². The van der Waals surface area contributed by atoms with Gasteiger partial charge in [0, 0.05) is 29.2 Å². The summed E-state index contributed by atoms with van der Waals surface area (Å²) in [7, 11) is 0. The first-order valence-corrected chi connectivity index (χ1v) is 9.92. The number of hydrogen-bond donors (Lipinski definition) is 1. The van der Waals surface area contributed by atoms with Crippen LogP contribution in [-0.2, 0) is 6.54 Å². The van der Waals surface area contributed by atoms with Crippen molar-refractivity contribution in [2.24, 2.45) is 0 Å². The molecule has 3 aromatic carbocycles. The molecule has 1 N–H and O–H groups in total. The lowest BCUT2D eigenvalue weighted by Gasteiger charge is -2.08. The third-order valence-corrected chi connectivity index (χ3v) is 5.49. The highest BCUT2D eigenvalue weighted by Crippen LogP contribution is 2.27. The summed E-state index contributed by atoms with van der Waals surface area (Å²) >= 11 is 0. The number of nitriles is 1. The predicted octanol–water partition coefficient (Wildman–Crippen LogP) is 5.94. The average molecular weight is 388 g/mol. The van der Waals surface area contributed by atoms with Crippen LogP contribution in [0.4, 0.5) is 0 Å². The Kier molecular flexibility index (Phi) is 4.42. The minimum absolute atomic E-state index is 0.519. The van der Waals surface area contributed by atoms with E-state index in [4.69, 9.17) is 0 Å². The number of aryl methyl sites for hydroxylation is 1. The quantitative estimate of drug-likeness (QED) is 0.387. The SMILES string of the molecule is Cc1ccccc1Cn1cc(/C=C(/C#N)c2nc3ccccc3[nH]2)c2ccccc21. The number of benzene rings is 3. The zero-order chi connectivity index (χ0) is 20.5. The Hall–Kier alpha value is -4.10. The first-order valence-electron chi connectivity index (χ1n) is 9.92. The third kappa shape index (κ3) is 3.17. The average Bonchev–Trinajstić information content (AvgIpc) is 3.35. The van der Waals surface area contributed by atoms with Gasteiger partial charge in [-0.05, 0) is 42.3 Å². The Labute approximate surface area is 174 Å². The summed E-state index contributed by atoms with van der Waals surface area (Å²) in [6, 6.07) is 26.9. The molecule has 0 saturated carbocycles. The standard InChI is InChI=1S/C26H20N4/c1-18-8-2-3-9-19(18)16-30-17-21(22-10-4-7-13-25(22)30)14-20(15-27)26-28-23-11-5-6-12-24(23)29-26/h2-14,17H,16H2,1H3,(H,28,29)/b20-14-. The zero-order valence-electron chi connectivity index (χ0n) is 16.6. The fraction of sp³-hybridized carbons (Fsp3) is 0.0769. The molecule has 0 radical (unpaired) electrons. The second-order valence-corrected chi connectivity index (χ2v) is 7.43. The van der Waals surface area contributed by atoms with Crippen LogP contribution in [0.1, 0.15) is 22.5 Å². The molecular weight excluding hydrogens is 368 g/mol. The van der Waals surface area contributed by atoms with Crippen molar-refractivity contribution in [1.82, 2.24) is 14.5 Å². The summed E-state index contributed by atoms with van der Waals surface area (Å²) < 4.78 is 2.25. The van der Waals surface area contributed by atoms with Crippen LogP contribution in [0.3, 0.4) is 0 Å². The van der Waals surface area contributed by atoms with Gasteiger partial charge in [-0.15, -0.1) is 0 Å². The maximum atomic E-state index is 9.83. The van der Waals surface area contributed by atoms with E-state index in [2.05, 4.69) is 76.2 Å². The number of rotatable bonds is 4. The number of imidazole rings is 1. The largest absolute Gasteiger partial charge is 0.342 e. The molecule has 2 aromatic heterocycles. The molecule has 0 saturated heterocycles. The molecule has 4 nitrogen and oxygen atoms in total. The van der Waals surface area contributed by atoms with E-state index in [1.165, 1.54) is 11.1 Å². The number of aromatic amines is 1. The first kappa shape index (κ1) is 18.0. The van der Waals surface area contributed by atoms with E-state index in [9.17, 15) is 5.26 Å². The molecule has 2 heterocycles. The van der Waals surface area contributed by atoms with Gasteiger partial charge >= 0.3 is 0 Å². The molecular formula is C26H20N4. The lowest BCUT2D eigenvalue weighted by Crippen LogP contribution is -1.99. The van der Waals surface area contributed by atoms with Crippen molar-refractivity contribution in [1.29, 1.82) is 5.26 Å². The molecule has 0 unspecified atom stereocenters. The van der Waals surface area contributed by atoms with Crippen LogP contribution < -0.4 is 0 Å². The van der Waals surface area contributed by atoms with Gasteiger partial charge in [0.15, 0.2) is 0 Å². The number of para-hydroxylation sites is 3. The smallest absolute Gasteiger partial charge is 0.149 e. The second-order valence-electron chi connectivity index (χ2n) is 7.43. The van der Waals surface area contributed by atoms with E-state index >= 15 is 0 Å². The van der Waals surface area contributed by atoms with Crippen molar-refractivity contribution < 1.29 is 0 Å². The molecule has 0 fully saturated rings. The van der Waals surface area contributed by atoms with Crippen molar-refractivity contribution in [3.63, 3.8) is 0 Å². The summed E-state index contributed by atoms with van der Waals surface area (Å²) in [5.41, 5.74) is 7.01. The van der Waals surface area contributed by atoms with Gasteiger partial charge in [0.25, 0.3) is 0 Å². The number of hydrogen-bond acceptors (Lipinski definition) is 2. The van der Waals surface area contributed by atoms with E-state index in [0.29, 0.717) is 11.4 Å². The highest BCUT2D eigenvalue weighted by atomic mass is 15.0. The predicted molar refractivity (Wildman–Crippen MR) is 122 cm³/mol. The fourth-order valence-electron chi connectivity index (χ4n) is 3.88. The molecule has 0 atom stereocenters. The minimum Gasteiger partial charge on any atom is -0.342 e. The molecule has 0 amide bonds. The summed E-state index contributed by atoms with van der Waals surface area (Å²) in [6.07, 6.45) is 4.05. The number of allylic oxidation sites excluding steroid dienone is 1. The van der Waals surface area contributed by atoms with E-state index < -0.39 is 0 Å². The summed E-state index contributed by atoms with van der Waals surface area (Å²) in [5.74, 6) is 0.592. The van der Waals surface area contributed by atoms with E-state index in [1.54, 1.807) is 0 Å². The van der Waals surface area contributed by atoms with Crippen molar-refractivity contribution in [3.8, 4) is 6.07 Å². The zero-order valence-corrected chi connectivity index (χ0v) is 16.6. The molecule has 0 aliphatic carbocycles. The Bertz CT molecular complexity index is 1410. The number of fused-ring (bicyclic) bond motifs is 2. The van der Waals surface area contributed by atoms with E-state index in [-0.39, 0.29) is 0 Å². The van der Waals surface area contributed by atoms with Crippen molar-refractivity contribution in [2.75, 3.05) is 0 Å². The molecule has 5 rings (SSSR count). The third-order valence-electron chi connectivity index (χ3n) is 5.49. The van der Waals surface area contributed by atoms with Gasteiger partial charge in [0.1, 0.15) is 11.9 Å². The van der Waals surface area contributed by atoms with Crippen molar-refractivity contribution >= 4 is 33.6 Å². The van der Waals surface area contributed by atoms with Crippen molar-refractivity contribution in [3.05, 3.63) is 102 Å². The van der Waals surface area contributed by atoms with Crippen LogP contribution in [0.15, 0.2) is 79.0 Å². The lowest BCUT2D eigenvalue weighted by atomic mass is 10.1. The number of aromatic nitrogens is 3. The van der Waals surface area contributed by atoms with Gasteiger partial charge in [0.2, 0.25) is 0 Å². The Balaban J connectivity index is 1.61. The molecule has 5 aromatic rings. The number of nitrogens with one attached hydrogen (secondary N) is 1. The highest BCUT2D eigenvalue weighted by Gasteiger charge is 2.12. The number of nitrogens with zero attached hydrogens (tertiary/aromatic N) is 3. The lowest BCUT2D eigenvalue weighted by molar-refractivity contribution is 0.830. The molecule has 0 aliphatic heterocycles. The Morgan fingerprint density at radius 3 is 2.63 bits per heavy atom. The van der Waals surface area contributed by atoms with E-state index in [0.717, 1.165) is 34.0 Å². The van der Waals surface area contributed by atoms with Crippen LogP contribution >= 0.6 is 0 Å². The fourth-order valence-corrected chi connectivity index (χ4v) is 3.88. The number of H-pyrrole nitrogens is 1. The Morgan fingerprint density at radius 2 is 1.80 bits per heavy atom. The topological polar surface area (TPSA) is 57.4 Å². The van der Waals surface area contributed by atoms with Gasteiger partial charge < -0.3 is 9.55 Å². The van der Waals surface area contributed by atoms with Crippen LogP contribution in [0, 0.1) is 18.3 Å². The molecule has 144 valence electrons. The molecule has 0 aliphatic rings. The summed E-state index contributed by atoms with van der Waals surface area (Å²) in [4.78, 5) is 7.85.